The second-order valence-electron chi connectivity index (χ2n) is 4.80. The van der Waals surface area contributed by atoms with Gasteiger partial charge in [-0.25, -0.2) is 0 Å². The molecule has 0 aliphatic carbocycles. The van der Waals surface area contributed by atoms with Crippen LogP contribution in [0.1, 0.15) is 19.4 Å². The number of alkyl halides is 2. The molecule has 21 heavy (non-hydrogen) atoms. The molecule has 0 unspecified atom stereocenters. The molecule has 0 saturated heterocycles. The highest BCUT2D eigenvalue weighted by Gasteiger charge is 2.28. The summed E-state index contributed by atoms with van der Waals surface area (Å²) < 4.78 is 39.2. The highest BCUT2D eigenvalue weighted by molar-refractivity contribution is 5.79. The van der Waals surface area contributed by atoms with Gasteiger partial charge in [0.25, 0.3) is 0 Å². The van der Waals surface area contributed by atoms with Gasteiger partial charge in [0, 0.05) is 12.1 Å². The molecule has 0 aromatic heterocycles. The highest BCUT2D eigenvalue weighted by atomic mass is 19.3. The van der Waals surface area contributed by atoms with E-state index in [9.17, 15) is 13.6 Å². The smallest absolute Gasteiger partial charge is 0.387 e. The van der Waals surface area contributed by atoms with Crippen LogP contribution in [0, 0.1) is 0 Å². The van der Waals surface area contributed by atoms with Gasteiger partial charge in [0.05, 0.1) is 14.2 Å². The third-order valence-corrected chi connectivity index (χ3v) is 2.90. The van der Waals surface area contributed by atoms with Gasteiger partial charge in [-0.1, -0.05) is 12.1 Å². The lowest BCUT2D eigenvalue weighted by Gasteiger charge is -2.24. The number of ether oxygens (including phenoxy) is 3. The van der Waals surface area contributed by atoms with Crippen molar-refractivity contribution in [2.75, 3.05) is 14.2 Å². The Morgan fingerprint density at radius 3 is 2.52 bits per heavy atom. The molecule has 0 fully saturated rings. The van der Waals surface area contributed by atoms with Crippen molar-refractivity contribution in [1.29, 1.82) is 0 Å². The Morgan fingerprint density at radius 1 is 1.33 bits per heavy atom. The van der Waals surface area contributed by atoms with E-state index < -0.39 is 18.1 Å². The van der Waals surface area contributed by atoms with Crippen molar-refractivity contribution in [2.24, 2.45) is 0 Å². The van der Waals surface area contributed by atoms with Crippen LogP contribution in [-0.4, -0.2) is 32.3 Å². The van der Waals surface area contributed by atoms with E-state index in [-0.39, 0.29) is 18.0 Å². The summed E-state index contributed by atoms with van der Waals surface area (Å²) in [5.41, 5.74) is -0.508. The first-order valence-corrected chi connectivity index (χ1v) is 6.26. The average Bonchev–Trinajstić information content (AvgIpc) is 2.44. The van der Waals surface area contributed by atoms with E-state index in [1.165, 1.54) is 20.3 Å². The Bertz CT molecular complexity index is 492. The summed E-state index contributed by atoms with van der Waals surface area (Å²) in [6.45, 7) is 0.439. The first-order valence-electron chi connectivity index (χ1n) is 6.26. The summed E-state index contributed by atoms with van der Waals surface area (Å²) in [6, 6.07) is 4.78. The molecule has 118 valence electrons. The molecule has 1 aromatic rings. The third kappa shape index (κ3) is 4.56. The fourth-order valence-corrected chi connectivity index (χ4v) is 1.73. The molecular weight excluding hydrogens is 284 g/mol. The molecule has 5 nitrogen and oxygen atoms in total. The molecule has 0 spiro atoms. The molecular formula is C14H19F2NO4. The van der Waals surface area contributed by atoms with Crippen LogP contribution in [0.15, 0.2) is 18.2 Å². The molecule has 0 atom stereocenters. The largest absolute Gasteiger partial charge is 0.493 e. The SMILES string of the molecule is COC(=O)C(C)(C)NCc1cccc(OC)c1OC(F)F. The lowest BCUT2D eigenvalue weighted by atomic mass is 10.1. The number of rotatable bonds is 7. The predicted molar refractivity (Wildman–Crippen MR) is 72.6 cm³/mol. The van der Waals surface area contributed by atoms with Crippen molar-refractivity contribution in [3.05, 3.63) is 23.8 Å². The van der Waals surface area contributed by atoms with E-state index in [1.54, 1.807) is 26.0 Å². The molecule has 1 N–H and O–H groups in total. The van der Waals surface area contributed by atoms with Crippen molar-refractivity contribution in [1.82, 2.24) is 5.32 Å². The number of nitrogens with one attached hydrogen (secondary N) is 1. The zero-order valence-corrected chi connectivity index (χ0v) is 12.4. The minimum Gasteiger partial charge on any atom is -0.493 e. The predicted octanol–water partition coefficient (Wildman–Crippen LogP) is 2.34. The van der Waals surface area contributed by atoms with Gasteiger partial charge in [-0.2, -0.15) is 8.78 Å². The number of benzene rings is 1. The standard InChI is InChI=1S/C14H19F2NO4/c1-14(2,12(18)20-4)17-8-9-6-5-7-10(19-3)11(9)21-13(15)16/h5-7,13,17H,8H2,1-4H3. The molecule has 1 aromatic carbocycles. The maximum Gasteiger partial charge on any atom is 0.387 e. The Morgan fingerprint density at radius 2 is 2.00 bits per heavy atom. The van der Waals surface area contributed by atoms with Crippen LogP contribution in [0.4, 0.5) is 8.78 Å². The highest BCUT2D eigenvalue weighted by Crippen LogP contribution is 2.32. The van der Waals surface area contributed by atoms with Crippen LogP contribution < -0.4 is 14.8 Å². The number of methoxy groups -OCH3 is 2. The molecule has 0 saturated carbocycles. The van der Waals surface area contributed by atoms with Gasteiger partial charge in [0.15, 0.2) is 11.5 Å². The van der Waals surface area contributed by atoms with E-state index in [4.69, 9.17) is 4.74 Å². The van der Waals surface area contributed by atoms with Crippen LogP contribution in [-0.2, 0) is 16.1 Å². The van der Waals surface area contributed by atoms with Crippen LogP contribution in [0.3, 0.4) is 0 Å². The second-order valence-corrected chi connectivity index (χ2v) is 4.80. The normalized spacial score (nSPS) is 11.4. The van der Waals surface area contributed by atoms with Crippen molar-refractivity contribution >= 4 is 5.97 Å². The summed E-state index contributed by atoms with van der Waals surface area (Å²) in [6.07, 6.45) is 0. The fraction of sp³-hybridized carbons (Fsp3) is 0.500. The molecule has 0 aliphatic heterocycles. The molecule has 1 rings (SSSR count). The molecule has 0 heterocycles. The van der Waals surface area contributed by atoms with Gasteiger partial charge >= 0.3 is 12.6 Å². The van der Waals surface area contributed by atoms with Crippen LogP contribution in [0.25, 0.3) is 0 Å². The van der Waals surface area contributed by atoms with Gasteiger partial charge in [-0.15, -0.1) is 0 Å². The number of para-hydroxylation sites is 1. The molecule has 7 heteroatoms. The van der Waals surface area contributed by atoms with Gasteiger partial charge in [-0.3, -0.25) is 10.1 Å². The zero-order valence-electron chi connectivity index (χ0n) is 12.4. The van der Waals surface area contributed by atoms with Gasteiger partial charge in [0.1, 0.15) is 5.54 Å². The van der Waals surface area contributed by atoms with Gasteiger partial charge in [-0.05, 0) is 19.9 Å². The Balaban J connectivity index is 2.95. The minimum absolute atomic E-state index is 0.0526. The number of carbonyl (C=O) groups is 1. The Labute approximate surface area is 122 Å². The fourth-order valence-electron chi connectivity index (χ4n) is 1.73. The zero-order chi connectivity index (χ0) is 16.0. The number of halogens is 2. The molecule has 0 amide bonds. The first-order chi connectivity index (χ1) is 9.81. The Kier molecular flexibility index (Phi) is 5.90. The third-order valence-electron chi connectivity index (χ3n) is 2.90. The number of esters is 1. The summed E-state index contributed by atoms with van der Waals surface area (Å²) in [4.78, 5) is 11.6. The number of hydrogen-bond acceptors (Lipinski definition) is 5. The minimum atomic E-state index is -2.96. The van der Waals surface area contributed by atoms with E-state index in [1.807, 2.05) is 0 Å². The van der Waals surface area contributed by atoms with Gasteiger partial charge in [0.2, 0.25) is 0 Å². The van der Waals surface area contributed by atoms with E-state index in [0.29, 0.717) is 5.56 Å². The van der Waals surface area contributed by atoms with Crippen molar-refractivity contribution in [2.45, 2.75) is 32.5 Å². The van der Waals surface area contributed by atoms with E-state index >= 15 is 0 Å². The first kappa shape index (κ1) is 17.2. The maximum absolute atomic E-state index is 12.5. The van der Waals surface area contributed by atoms with Crippen LogP contribution in [0.5, 0.6) is 11.5 Å². The quantitative estimate of drug-likeness (QED) is 0.784. The van der Waals surface area contributed by atoms with Crippen molar-refractivity contribution in [3.8, 4) is 11.5 Å². The van der Waals surface area contributed by atoms with Crippen LogP contribution >= 0.6 is 0 Å². The topological polar surface area (TPSA) is 56.8 Å². The van der Waals surface area contributed by atoms with E-state index in [0.717, 1.165) is 0 Å². The summed E-state index contributed by atoms with van der Waals surface area (Å²) in [7, 11) is 2.64. The lowest BCUT2D eigenvalue weighted by Crippen LogP contribution is -2.47. The van der Waals surface area contributed by atoms with Crippen LogP contribution in [0.2, 0.25) is 0 Å². The monoisotopic (exact) mass is 303 g/mol. The van der Waals surface area contributed by atoms with Gasteiger partial charge < -0.3 is 14.2 Å². The van der Waals surface area contributed by atoms with Crippen molar-refractivity contribution < 1.29 is 27.8 Å². The average molecular weight is 303 g/mol. The van der Waals surface area contributed by atoms with Crippen molar-refractivity contribution in [3.63, 3.8) is 0 Å². The molecule has 0 aliphatic rings. The summed E-state index contributed by atoms with van der Waals surface area (Å²) >= 11 is 0. The lowest BCUT2D eigenvalue weighted by molar-refractivity contribution is -0.147. The second kappa shape index (κ2) is 7.21. The number of hydrogen-bond donors (Lipinski definition) is 1. The summed E-state index contributed by atoms with van der Waals surface area (Å²) in [5, 5.41) is 2.94. The maximum atomic E-state index is 12.5. The Hall–Kier alpha value is -1.89. The molecule has 0 bridgehead atoms. The molecule has 0 radical (unpaired) electrons. The van der Waals surface area contributed by atoms with E-state index in [2.05, 4.69) is 14.8 Å². The number of carbonyl (C=O) groups excluding carboxylic acids is 1. The summed E-state index contributed by atoms with van der Waals surface area (Å²) in [5.74, 6) is -0.310.